The smallest absolute Gasteiger partial charge is 0.311 e. The number of ether oxygens (including phenoxy) is 1. The standard InChI is InChI=1S/C19H22N4O3/c24-23(25)18-9-8-17(7-6-16-4-2-1-3-5-16)21-19(18)20-10-11-22-12-14-26-15-13-22/h1-9H,10-15H2,(H,20,21)/b7-6+. The molecule has 0 bridgehead atoms. The van der Waals surface area contributed by atoms with Crippen molar-refractivity contribution < 1.29 is 9.66 Å². The van der Waals surface area contributed by atoms with Crippen LogP contribution in [0.3, 0.4) is 0 Å². The van der Waals surface area contributed by atoms with Gasteiger partial charge in [-0.15, -0.1) is 0 Å². The molecule has 26 heavy (non-hydrogen) atoms. The van der Waals surface area contributed by atoms with Gasteiger partial charge in [-0.2, -0.15) is 0 Å². The fourth-order valence-corrected chi connectivity index (χ4v) is 2.74. The topological polar surface area (TPSA) is 80.5 Å². The summed E-state index contributed by atoms with van der Waals surface area (Å²) in [5.74, 6) is 0.304. The second-order valence-corrected chi connectivity index (χ2v) is 5.99. The predicted molar refractivity (Wildman–Crippen MR) is 102 cm³/mol. The molecule has 1 aromatic carbocycles. The van der Waals surface area contributed by atoms with Crippen LogP contribution in [0.4, 0.5) is 11.5 Å². The van der Waals surface area contributed by atoms with Gasteiger partial charge in [0.2, 0.25) is 5.82 Å². The molecule has 0 aliphatic carbocycles. The summed E-state index contributed by atoms with van der Waals surface area (Å²) in [7, 11) is 0. The number of hydrogen-bond acceptors (Lipinski definition) is 6. The molecule has 7 heteroatoms. The van der Waals surface area contributed by atoms with E-state index in [9.17, 15) is 10.1 Å². The summed E-state index contributed by atoms with van der Waals surface area (Å²) in [6.45, 7) is 4.64. The highest BCUT2D eigenvalue weighted by Crippen LogP contribution is 2.22. The minimum atomic E-state index is -0.408. The van der Waals surface area contributed by atoms with Crippen LogP contribution in [0.1, 0.15) is 11.3 Å². The molecule has 0 amide bonds. The van der Waals surface area contributed by atoms with Crippen molar-refractivity contribution in [3.63, 3.8) is 0 Å². The van der Waals surface area contributed by atoms with Crippen molar-refractivity contribution >= 4 is 23.7 Å². The molecule has 0 unspecified atom stereocenters. The fourth-order valence-electron chi connectivity index (χ4n) is 2.74. The zero-order valence-corrected chi connectivity index (χ0v) is 14.5. The lowest BCUT2D eigenvalue weighted by Gasteiger charge is -2.26. The maximum atomic E-state index is 11.3. The van der Waals surface area contributed by atoms with Gasteiger partial charge in [0.05, 0.1) is 23.8 Å². The second-order valence-electron chi connectivity index (χ2n) is 5.99. The molecule has 2 aromatic rings. The predicted octanol–water partition coefficient (Wildman–Crippen LogP) is 2.90. The van der Waals surface area contributed by atoms with Crippen molar-refractivity contribution in [2.75, 3.05) is 44.7 Å². The number of pyridine rings is 1. The summed E-state index contributed by atoms with van der Waals surface area (Å²) < 4.78 is 5.32. The van der Waals surface area contributed by atoms with E-state index >= 15 is 0 Å². The van der Waals surface area contributed by atoms with E-state index in [2.05, 4.69) is 15.2 Å². The number of rotatable bonds is 7. The summed E-state index contributed by atoms with van der Waals surface area (Å²) in [4.78, 5) is 17.5. The van der Waals surface area contributed by atoms with E-state index < -0.39 is 4.92 Å². The summed E-state index contributed by atoms with van der Waals surface area (Å²) in [6.07, 6.45) is 3.79. The molecule has 2 heterocycles. The molecular weight excluding hydrogens is 332 g/mol. The molecule has 136 valence electrons. The number of nitro groups is 1. The lowest BCUT2D eigenvalue weighted by atomic mass is 10.2. The molecule has 1 saturated heterocycles. The van der Waals surface area contributed by atoms with Crippen LogP contribution in [0.5, 0.6) is 0 Å². The molecule has 0 spiro atoms. The lowest BCUT2D eigenvalue weighted by molar-refractivity contribution is -0.384. The average molecular weight is 354 g/mol. The van der Waals surface area contributed by atoms with Gasteiger partial charge < -0.3 is 10.1 Å². The Morgan fingerprint density at radius 1 is 1.15 bits per heavy atom. The van der Waals surface area contributed by atoms with E-state index in [1.165, 1.54) is 6.07 Å². The number of anilines is 1. The van der Waals surface area contributed by atoms with Crippen molar-refractivity contribution in [2.45, 2.75) is 0 Å². The van der Waals surface area contributed by atoms with Crippen molar-refractivity contribution in [3.8, 4) is 0 Å². The Labute approximate surface area is 152 Å². The van der Waals surface area contributed by atoms with Gasteiger partial charge in [0.25, 0.3) is 0 Å². The second kappa shape index (κ2) is 9.07. The normalized spacial score (nSPS) is 15.2. The molecule has 1 aromatic heterocycles. The van der Waals surface area contributed by atoms with Gasteiger partial charge >= 0.3 is 5.69 Å². The van der Waals surface area contributed by atoms with Crippen LogP contribution in [0.25, 0.3) is 12.2 Å². The molecule has 0 saturated carbocycles. The van der Waals surface area contributed by atoms with E-state index in [0.717, 1.165) is 38.4 Å². The summed E-state index contributed by atoms with van der Waals surface area (Å²) in [5, 5.41) is 14.4. The highest BCUT2D eigenvalue weighted by atomic mass is 16.6. The largest absolute Gasteiger partial charge is 0.379 e. The molecule has 1 fully saturated rings. The SMILES string of the molecule is O=[N+]([O-])c1ccc(/C=C/c2ccccc2)nc1NCCN1CCOCC1. The first-order valence-corrected chi connectivity index (χ1v) is 8.65. The van der Waals surface area contributed by atoms with E-state index in [1.807, 2.05) is 42.5 Å². The van der Waals surface area contributed by atoms with E-state index in [1.54, 1.807) is 6.07 Å². The van der Waals surface area contributed by atoms with Gasteiger partial charge in [-0.1, -0.05) is 36.4 Å². The molecule has 1 aliphatic rings. The van der Waals surface area contributed by atoms with E-state index in [-0.39, 0.29) is 5.69 Å². The van der Waals surface area contributed by atoms with Crippen LogP contribution in [0.15, 0.2) is 42.5 Å². The molecule has 7 nitrogen and oxygen atoms in total. The van der Waals surface area contributed by atoms with Crippen molar-refractivity contribution in [1.29, 1.82) is 0 Å². The van der Waals surface area contributed by atoms with E-state index in [0.29, 0.717) is 18.1 Å². The molecule has 0 radical (unpaired) electrons. The first-order chi connectivity index (χ1) is 12.7. The third kappa shape index (κ3) is 5.11. The third-order valence-corrected chi connectivity index (χ3v) is 4.16. The summed E-state index contributed by atoms with van der Waals surface area (Å²) >= 11 is 0. The zero-order chi connectivity index (χ0) is 18.2. The van der Waals surface area contributed by atoms with Crippen molar-refractivity contribution in [1.82, 2.24) is 9.88 Å². The Hall–Kier alpha value is -2.77. The lowest BCUT2D eigenvalue weighted by Crippen LogP contribution is -2.39. The first-order valence-electron chi connectivity index (χ1n) is 8.65. The zero-order valence-electron chi connectivity index (χ0n) is 14.5. The third-order valence-electron chi connectivity index (χ3n) is 4.16. The Morgan fingerprint density at radius 3 is 2.65 bits per heavy atom. The highest BCUT2D eigenvalue weighted by Gasteiger charge is 2.16. The maximum Gasteiger partial charge on any atom is 0.311 e. The van der Waals surface area contributed by atoms with Gasteiger partial charge in [0.15, 0.2) is 0 Å². The number of aromatic nitrogens is 1. The number of benzene rings is 1. The number of hydrogen-bond donors (Lipinski definition) is 1. The van der Waals surface area contributed by atoms with Crippen LogP contribution in [-0.2, 0) is 4.74 Å². The Morgan fingerprint density at radius 2 is 1.92 bits per heavy atom. The molecule has 1 aliphatic heterocycles. The Kier molecular flexibility index (Phi) is 6.29. The number of nitrogens with zero attached hydrogens (tertiary/aromatic N) is 3. The first kappa shape index (κ1) is 18.0. The average Bonchev–Trinajstić information content (AvgIpc) is 2.68. The minimum absolute atomic E-state index is 0.0103. The molecule has 0 atom stereocenters. The monoisotopic (exact) mass is 354 g/mol. The molecule has 3 rings (SSSR count). The van der Waals surface area contributed by atoms with Crippen LogP contribution in [-0.4, -0.2) is 54.2 Å². The quantitative estimate of drug-likeness (QED) is 0.608. The number of nitrogens with one attached hydrogen (secondary N) is 1. The molecular formula is C19H22N4O3. The van der Waals surface area contributed by atoms with Crippen molar-refractivity contribution in [2.24, 2.45) is 0 Å². The Bertz CT molecular complexity index is 759. The fraction of sp³-hybridized carbons (Fsp3) is 0.316. The minimum Gasteiger partial charge on any atom is -0.379 e. The Balaban J connectivity index is 1.67. The van der Waals surface area contributed by atoms with Crippen LogP contribution in [0, 0.1) is 10.1 Å². The van der Waals surface area contributed by atoms with Crippen molar-refractivity contribution in [3.05, 3.63) is 63.8 Å². The summed E-state index contributed by atoms with van der Waals surface area (Å²) in [6, 6.07) is 13.0. The van der Waals surface area contributed by atoms with E-state index in [4.69, 9.17) is 4.74 Å². The van der Waals surface area contributed by atoms with Crippen LogP contribution in [0.2, 0.25) is 0 Å². The number of morpholine rings is 1. The van der Waals surface area contributed by atoms with Gasteiger partial charge in [-0.05, 0) is 17.7 Å². The van der Waals surface area contributed by atoms with Gasteiger partial charge in [0, 0.05) is 32.2 Å². The maximum absolute atomic E-state index is 11.3. The van der Waals surface area contributed by atoms with Gasteiger partial charge in [-0.25, -0.2) is 4.98 Å². The van der Waals surface area contributed by atoms with Crippen LogP contribution >= 0.6 is 0 Å². The van der Waals surface area contributed by atoms with Crippen LogP contribution < -0.4 is 5.32 Å². The van der Waals surface area contributed by atoms with Gasteiger partial charge in [-0.3, -0.25) is 15.0 Å². The van der Waals surface area contributed by atoms with Gasteiger partial charge in [0.1, 0.15) is 0 Å². The molecule has 1 N–H and O–H groups in total. The summed E-state index contributed by atoms with van der Waals surface area (Å²) in [5.41, 5.74) is 1.71. The highest BCUT2D eigenvalue weighted by molar-refractivity contribution is 5.70.